The van der Waals surface area contributed by atoms with Crippen molar-refractivity contribution >= 4 is 5.78 Å². The molecular weight excluding hydrogens is 217 g/mol. The second-order valence-electron chi connectivity index (χ2n) is 3.05. The summed E-state index contributed by atoms with van der Waals surface area (Å²) in [6, 6.07) is 10.5. The average Bonchev–Trinajstić information content (AvgIpc) is 2.42. The van der Waals surface area contributed by atoms with E-state index in [1.165, 1.54) is 24.3 Å². The first-order chi connectivity index (χ1) is 8.27. The maximum absolute atomic E-state index is 12.6. The minimum atomic E-state index is -0.354. The summed E-state index contributed by atoms with van der Waals surface area (Å²) in [6.07, 6.45) is 1.55. The fourth-order valence-electron chi connectivity index (χ4n) is 1.25. The van der Waals surface area contributed by atoms with Crippen molar-refractivity contribution < 1.29 is 9.18 Å². The van der Waals surface area contributed by atoms with Crippen molar-refractivity contribution in [2.45, 2.75) is 13.8 Å². The Balaban J connectivity index is 0.000000686. The number of pyridine rings is 1. The molecule has 0 aliphatic carbocycles. The molecule has 2 rings (SSSR count). The number of hydrogen-bond acceptors (Lipinski definition) is 2. The summed E-state index contributed by atoms with van der Waals surface area (Å²) in [6.45, 7) is 4.00. The first-order valence-corrected chi connectivity index (χ1v) is 5.48. The molecular formula is C14H14FNO. The van der Waals surface area contributed by atoms with E-state index in [-0.39, 0.29) is 11.6 Å². The highest BCUT2D eigenvalue weighted by Gasteiger charge is 2.08. The highest BCUT2D eigenvalue weighted by atomic mass is 19.1. The van der Waals surface area contributed by atoms with E-state index in [1.807, 2.05) is 13.8 Å². The fourth-order valence-corrected chi connectivity index (χ4v) is 1.25. The summed E-state index contributed by atoms with van der Waals surface area (Å²) in [5.74, 6) is -0.553. The first-order valence-electron chi connectivity index (χ1n) is 5.48. The van der Waals surface area contributed by atoms with Crippen LogP contribution >= 0.6 is 0 Å². The predicted octanol–water partition coefficient (Wildman–Crippen LogP) is 3.48. The number of nitrogens with zero attached hydrogens (tertiary/aromatic N) is 1. The molecule has 2 aromatic rings. The Bertz CT molecular complexity index is 465. The molecule has 3 heteroatoms. The van der Waals surface area contributed by atoms with Gasteiger partial charge in [0.05, 0.1) is 0 Å². The second kappa shape index (κ2) is 6.53. The van der Waals surface area contributed by atoms with Gasteiger partial charge in [0.25, 0.3) is 0 Å². The first kappa shape index (κ1) is 13.0. The zero-order chi connectivity index (χ0) is 12.7. The van der Waals surface area contributed by atoms with E-state index in [0.717, 1.165) is 0 Å². The Labute approximate surface area is 100 Å². The monoisotopic (exact) mass is 231 g/mol. The van der Waals surface area contributed by atoms with Crippen LogP contribution in [0.1, 0.15) is 29.9 Å². The third-order valence-corrected chi connectivity index (χ3v) is 2.00. The van der Waals surface area contributed by atoms with Gasteiger partial charge in [-0.2, -0.15) is 0 Å². The van der Waals surface area contributed by atoms with E-state index in [2.05, 4.69) is 4.98 Å². The molecule has 0 N–H and O–H groups in total. The maximum Gasteiger partial charge on any atom is 0.211 e. The van der Waals surface area contributed by atoms with Gasteiger partial charge < -0.3 is 0 Å². The molecule has 1 heterocycles. The van der Waals surface area contributed by atoms with Crippen LogP contribution in [0.15, 0.2) is 48.7 Å². The Hall–Kier alpha value is -2.03. The van der Waals surface area contributed by atoms with E-state index in [0.29, 0.717) is 11.3 Å². The molecule has 0 saturated heterocycles. The van der Waals surface area contributed by atoms with Crippen molar-refractivity contribution in [2.24, 2.45) is 0 Å². The molecule has 0 amide bonds. The molecule has 0 bridgehead atoms. The van der Waals surface area contributed by atoms with Gasteiger partial charge in [-0.3, -0.25) is 9.78 Å². The zero-order valence-corrected chi connectivity index (χ0v) is 9.85. The zero-order valence-electron chi connectivity index (χ0n) is 9.85. The van der Waals surface area contributed by atoms with Gasteiger partial charge >= 0.3 is 0 Å². The summed E-state index contributed by atoms with van der Waals surface area (Å²) >= 11 is 0. The van der Waals surface area contributed by atoms with Gasteiger partial charge in [-0.15, -0.1) is 0 Å². The van der Waals surface area contributed by atoms with Crippen molar-refractivity contribution in [3.8, 4) is 0 Å². The van der Waals surface area contributed by atoms with Crippen molar-refractivity contribution in [1.29, 1.82) is 0 Å². The summed E-state index contributed by atoms with van der Waals surface area (Å²) in [5, 5.41) is 0. The number of hydrogen-bond donors (Lipinski definition) is 0. The Morgan fingerprint density at radius 3 is 2.24 bits per heavy atom. The molecule has 0 saturated carbocycles. The molecule has 2 nitrogen and oxygen atoms in total. The van der Waals surface area contributed by atoms with Crippen molar-refractivity contribution in [3.63, 3.8) is 0 Å². The molecule has 0 radical (unpaired) electrons. The van der Waals surface area contributed by atoms with Gasteiger partial charge in [0, 0.05) is 11.8 Å². The minimum Gasteiger partial charge on any atom is -0.287 e. The van der Waals surface area contributed by atoms with Gasteiger partial charge in [-0.05, 0) is 36.4 Å². The maximum atomic E-state index is 12.6. The van der Waals surface area contributed by atoms with Gasteiger partial charge in [-0.25, -0.2) is 4.39 Å². The number of rotatable bonds is 2. The second-order valence-corrected chi connectivity index (χ2v) is 3.05. The molecule has 0 aliphatic heterocycles. The van der Waals surface area contributed by atoms with E-state index < -0.39 is 0 Å². The van der Waals surface area contributed by atoms with Crippen LogP contribution in [0.2, 0.25) is 0 Å². The van der Waals surface area contributed by atoms with Gasteiger partial charge in [0.2, 0.25) is 5.78 Å². The largest absolute Gasteiger partial charge is 0.287 e. The number of aromatic nitrogens is 1. The van der Waals surface area contributed by atoms with E-state index in [9.17, 15) is 9.18 Å². The lowest BCUT2D eigenvalue weighted by molar-refractivity contribution is 0.103. The minimum absolute atomic E-state index is 0.199. The van der Waals surface area contributed by atoms with Gasteiger partial charge in [0.1, 0.15) is 11.5 Å². The third kappa shape index (κ3) is 3.48. The van der Waals surface area contributed by atoms with Crippen LogP contribution in [0.3, 0.4) is 0 Å². The Kier molecular flexibility index (Phi) is 5.01. The molecule has 0 aliphatic rings. The lowest BCUT2D eigenvalue weighted by Gasteiger charge is -1.99. The van der Waals surface area contributed by atoms with E-state index in [1.54, 1.807) is 24.4 Å². The van der Waals surface area contributed by atoms with Gasteiger partial charge in [-0.1, -0.05) is 19.9 Å². The van der Waals surface area contributed by atoms with Crippen LogP contribution < -0.4 is 0 Å². The van der Waals surface area contributed by atoms with Crippen LogP contribution in [-0.4, -0.2) is 10.8 Å². The summed E-state index contributed by atoms with van der Waals surface area (Å²) < 4.78 is 12.6. The van der Waals surface area contributed by atoms with Crippen LogP contribution in [0.25, 0.3) is 0 Å². The molecule has 0 fully saturated rings. The van der Waals surface area contributed by atoms with Crippen molar-refractivity contribution in [1.82, 2.24) is 4.98 Å². The van der Waals surface area contributed by atoms with Crippen LogP contribution in [0.5, 0.6) is 0 Å². The van der Waals surface area contributed by atoms with E-state index in [4.69, 9.17) is 0 Å². The van der Waals surface area contributed by atoms with Crippen LogP contribution in [-0.2, 0) is 0 Å². The topological polar surface area (TPSA) is 30.0 Å². The Morgan fingerprint density at radius 1 is 1.06 bits per heavy atom. The fraction of sp³-hybridized carbons (Fsp3) is 0.143. The molecule has 88 valence electrons. The molecule has 1 aromatic carbocycles. The molecule has 1 aromatic heterocycles. The van der Waals surface area contributed by atoms with Crippen molar-refractivity contribution in [3.05, 3.63) is 65.7 Å². The van der Waals surface area contributed by atoms with Gasteiger partial charge in [0.15, 0.2) is 0 Å². The summed E-state index contributed by atoms with van der Waals surface area (Å²) in [7, 11) is 0. The molecule has 0 unspecified atom stereocenters. The number of halogens is 1. The Morgan fingerprint density at radius 2 is 1.71 bits per heavy atom. The number of carbonyl (C=O) groups is 1. The third-order valence-electron chi connectivity index (χ3n) is 2.00. The standard InChI is InChI=1S/C12H8FNO.C2H6/c13-10-6-4-9(5-7-10)12(15)11-3-1-2-8-14-11;1-2/h1-8H;1-2H3. The van der Waals surface area contributed by atoms with Crippen LogP contribution in [0, 0.1) is 5.82 Å². The SMILES string of the molecule is CC.O=C(c1ccc(F)cc1)c1ccccn1. The number of ketones is 1. The highest BCUT2D eigenvalue weighted by Crippen LogP contribution is 2.08. The quantitative estimate of drug-likeness (QED) is 0.741. The lowest BCUT2D eigenvalue weighted by Crippen LogP contribution is -2.03. The lowest BCUT2D eigenvalue weighted by atomic mass is 10.1. The number of benzene rings is 1. The smallest absolute Gasteiger partial charge is 0.211 e. The molecule has 17 heavy (non-hydrogen) atoms. The predicted molar refractivity (Wildman–Crippen MR) is 65.4 cm³/mol. The highest BCUT2D eigenvalue weighted by molar-refractivity contribution is 6.07. The van der Waals surface area contributed by atoms with E-state index >= 15 is 0 Å². The molecule has 0 spiro atoms. The molecule has 0 atom stereocenters. The summed E-state index contributed by atoms with van der Waals surface area (Å²) in [5.41, 5.74) is 0.805. The summed E-state index contributed by atoms with van der Waals surface area (Å²) in [4.78, 5) is 15.7. The average molecular weight is 231 g/mol. The van der Waals surface area contributed by atoms with Crippen molar-refractivity contribution in [2.75, 3.05) is 0 Å². The normalized spacial score (nSPS) is 9.12. The van der Waals surface area contributed by atoms with Crippen LogP contribution in [0.4, 0.5) is 4.39 Å². The number of carbonyl (C=O) groups excluding carboxylic acids is 1.